The Balaban J connectivity index is 2.93. The van der Waals surface area contributed by atoms with Gasteiger partial charge in [0.25, 0.3) is 0 Å². The number of carboxylic acid groups (broad SMARTS) is 1. The van der Waals surface area contributed by atoms with Gasteiger partial charge in [0, 0.05) is 19.2 Å². The average Bonchev–Trinajstić information content (AvgIpc) is 2.29. The van der Waals surface area contributed by atoms with E-state index in [9.17, 15) is 4.79 Å². The van der Waals surface area contributed by atoms with Crippen LogP contribution in [0, 0.1) is 0 Å². The Bertz CT molecular complexity index is 424. The van der Waals surface area contributed by atoms with Gasteiger partial charge < -0.3 is 9.84 Å². The van der Waals surface area contributed by atoms with Crippen molar-refractivity contribution in [2.24, 2.45) is 0 Å². The van der Waals surface area contributed by atoms with Crippen LogP contribution >= 0.6 is 0 Å². The lowest BCUT2D eigenvalue weighted by atomic mass is 10.0. The Morgan fingerprint density at radius 1 is 1.26 bits per heavy atom. The second kappa shape index (κ2) is 6.68. The van der Waals surface area contributed by atoms with Crippen LogP contribution < -0.4 is 0 Å². The lowest BCUT2D eigenvalue weighted by Gasteiger charge is -2.34. The third-order valence-electron chi connectivity index (χ3n) is 3.05. The molecule has 0 saturated heterocycles. The highest BCUT2D eigenvalue weighted by atomic mass is 16.5. The van der Waals surface area contributed by atoms with Crippen molar-refractivity contribution in [2.45, 2.75) is 39.5 Å². The number of carboxylic acids is 1. The zero-order valence-corrected chi connectivity index (χ0v) is 12.1. The van der Waals surface area contributed by atoms with Crippen molar-refractivity contribution >= 4 is 5.97 Å². The van der Waals surface area contributed by atoms with E-state index in [1.165, 1.54) is 0 Å². The lowest BCUT2D eigenvalue weighted by molar-refractivity contribution is -0.139. The first-order valence-corrected chi connectivity index (χ1v) is 6.37. The first kappa shape index (κ1) is 15.7. The summed E-state index contributed by atoms with van der Waals surface area (Å²) in [6.07, 6.45) is 0. The maximum absolute atomic E-state index is 11.0. The molecule has 0 aromatic heterocycles. The van der Waals surface area contributed by atoms with Crippen LogP contribution in [0.15, 0.2) is 24.3 Å². The minimum absolute atomic E-state index is 0.0326. The Morgan fingerprint density at radius 3 is 2.32 bits per heavy atom. The summed E-state index contributed by atoms with van der Waals surface area (Å²) in [5.41, 5.74) is 2.02. The van der Waals surface area contributed by atoms with E-state index < -0.39 is 5.97 Å². The molecule has 0 radical (unpaired) electrons. The van der Waals surface area contributed by atoms with Crippen LogP contribution in [-0.2, 0) is 22.7 Å². The summed E-state index contributed by atoms with van der Waals surface area (Å²) in [6, 6.07) is 7.97. The van der Waals surface area contributed by atoms with Gasteiger partial charge in [-0.05, 0) is 31.9 Å². The smallest absolute Gasteiger partial charge is 0.317 e. The Morgan fingerprint density at radius 2 is 1.84 bits per heavy atom. The highest BCUT2D eigenvalue weighted by Crippen LogP contribution is 2.19. The van der Waals surface area contributed by atoms with Crippen molar-refractivity contribution in [1.29, 1.82) is 0 Å². The fourth-order valence-corrected chi connectivity index (χ4v) is 1.91. The molecule has 0 heterocycles. The van der Waals surface area contributed by atoms with Crippen molar-refractivity contribution in [3.63, 3.8) is 0 Å². The van der Waals surface area contributed by atoms with Crippen LogP contribution in [0.2, 0.25) is 0 Å². The molecule has 0 fully saturated rings. The third kappa shape index (κ3) is 5.01. The van der Waals surface area contributed by atoms with Gasteiger partial charge >= 0.3 is 5.97 Å². The standard InChI is InChI=1S/C15H23NO3/c1-15(2,3)16(10-14(17)18)9-12-7-5-6-8-13(12)11-19-4/h5-8H,9-11H2,1-4H3,(H,17,18). The van der Waals surface area contributed by atoms with Gasteiger partial charge in [-0.1, -0.05) is 24.3 Å². The zero-order valence-electron chi connectivity index (χ0n) is 12.1. The lowest BCUT2D eigenvalue weighted by Crippen LogP contribution is -2.44. The summed E-state index contributed by atoms with van der Waals surface area (Å²) in [7, 11) is 1.66. The second-order valence-electron chi connectivity index (χ2n) is 5.62. The summed E-state index contributed by atoms with van der Waals surface area (Å²) in [5.74, 6) is -0.806. The van der Waals surface area contributed by atoms with E-state index in [0.717, 1.165) is 11.1 Å². The number of hydrogen-bond donors (Lipinski definition) is 1. The molecule has 1 rings (SSSR count). The van der Waals surface area contributed by atoms with E-state index >= 15 is 0 Å². The van der Waals surface area contributed by atoms with Crippen LogP contribution in [0.3, 0.4) is 0 Å². The predicted octanol–water partition coefficient (Wildman–Crippen LogP) is 2.52. The molecular weight excluding hydrogens is 242 g/mol. The number of ether oxygens (including phenoxy) is 1. The number of methoxy groups -OCH3 is 1. The molecule has 19 heavy (non-hydrogen) atoms. The van der Waals surface area contributed by atoms with Gasteiger partial charge in [0.2, 0.25) is 0 Å². The molecule has 1 aromatic carbocycles. The highest BCUT2D eigenvalue weighted by Gasteiger charge is 2.24. The van der Waals surface area contributed by atoms with Crippen LogP contribution in [0.25, 0.3) is 0 Å². The van der Waals surface area contributed by atoms with Gasteiger partial charge in [-0.25, -0.2) is 0 Å². The van der Waals surface area contributed by atoms with E-state index in [4.69, 9.17) is 9.84 Å². The number of rotatable bonds is 6. The monoisotopic (exact) mass is 265 g/mol. The molecule has 1 aromatic rings. The first-order valence-electron chi connectivity index (χ1n) is 6.37. The van der Waals surface area contributed by atoms with Crippen LogP contribution in [0.5, 0.6) is 0 Å². The van der Waals surface area contributed by atoms with E-state index in [0.29, 0.717) is 13.2 Å². The van der Waals surface area contributed by atoms with Gasteiger partial charge in [0.15, 0.2) is 0 Å². The molecule has 0 amide bonds. The molecule has 0 saturated carbocycles. The Kier molecular flexibility index (Phi) is 5.51. The van der Waals surface area contributed by atoms with Crippen molar-refractivity contribution < 1.29 is 14.6 Å². The second-order valence-corrected chi connectivity index (χ2v) is 5.62. The molecule has 0 aliphatic carbocycles. The van der Waals surface area contributed by atoms with Crippen LogP contribution in [0.4, 0.5) is 0 Å². The molecule has 0 aliphatic heterocycles. The summed E-state index contributed by atoms with van der Waals surface area (Å²) in [4.78, 5) is 12.9. The van der Waals surface area contributed by atoms with Crippen molar-refractivity contribution in [1.82, 2.24) is 4.90 Å². The Labute approximate surface area is 115 Å². The SMILES string of the molecule is COCc1ccccc1CN(CC(=O)O)C(C)(C)C. The molecule has 0 unspecified atom stereocenters. The first-order chi connectivity index (χ1) is 8.84. The number of aliphatic carboxylic acids is 1. The highest BCUT2D eigenvalue weighted by molar-refractivity contribution is 5.69. The van der Waals surface area contributed by atoms with Gasteiger partial charge in [-0.2, -0.15) is 0 Å². The van der Waals surface area contributed by atoms with Crippen molar-refractivity contribution in [3.05, 3.63) is 35.4 Å². The molecule has 0 atom stereocenters. The maximum Gasteiger partial charge on any atom is 0.317 e. The molecular formula is C15H23NO3. The number of nitrogens with zero attached hydrogens (tertiary/aromatic N) is 1. The third-order valence-corrected chi connectivity index (χ3v) is 3.05. The predicted molar refractivity (Wildman–Crippen MR) is 75.0 cm³/mol. The van der Waals surface area contributed by atoms with E-state index in [-0.39, 0.29) is 12.1 Å². The quantitative estimate of drug-likeness (QED) is 0.858. The van der Waals surface area contributed by atoms with Gasteiger partial charge in [0.1, 0.15) is 0 Å². The number of benzene rings is 1. The molecule has 0 spiro atoms. The minimum atomic E-state index is -0.806. The van der Waals surface area contributed by atoms with Crippen LogP contribution in [0.1, 0.15) is 31.9 Å². The maximum atomic E-state index is 11.0. The molecule has 106 valence electrons. The van der Waals surface area contributed by atoms with Gasteiger partial charge in [-0.3, -0.25) is 9.69 Å². The van der Waals surface area contributed by atoms with Gasteiger partial charge in [0.05, 0.1) is 13.2 Å². The Hall–Kier alpha value is -1.39. The summed E-state index contributed by atoms with van der Waals surface area (Å²) in [6.45, 7) is 7.25. The van der Waals surface area contributed by atoms with E-state index in [2.05, 4.69) is 0 Å². The summed E-state index contributed by atoms with van der Waals surface area (Å²) >= 11 is 0. The largest absolute Gasteiger partial charge is 0.480 e. The van der Waals surface area contributed by atoms with Crippen LogP contribution in [-0.4, -0.2) is 35.2 Å². The minimum Gasteiger partial charge on any atom is -0.480 e. The molecule has 4 nitrogen and oxygen atoms in total. The molecule has 0 bridgehead atoms. The fraction of sp³-hybridized carbons (Fsp3) is 0.533. The molecule has 4 heteroatoms. The van der Waals surface area contributed by atoms with Gasteiger partial charge in [-0.15, -0.1) is 0 Å². The summed E-state index contributed by atoms with van der Waals surface area (Å²) < 4.78 is 5.18. The zero-order chi connectivity index (χ0) is 14.5. The average molecular weight is 265 g/mol. The topological polar surface area (TPSA) is 49.8 Å². The normalized spacial score (nSPS) is 11.8. The molecule has 0 aliphatic rings. The van der Waals surface area contributed by atoms with Crippen molar-refractivity contribution in [2.75, 3.05) is 13.7 Å². The van der Waals surface area contributed by atoms with Crippen molar-refractivity contribution in [3.8, 4) is 0 Å². The fourth-order valence-electron chi connectivity index (χ4n) is 1.91. The number of carbonyl (C=O) groups is 1. The van der Waals surface area contributed by atoms with E-state index in [1.54, 1.807) is 7.11 Å². The number of hydrogen-bond acceptors (Lipinski definition) is 3. The summed E-state index contributed by atoms with van der Waals surface area (Å²) in [5, 5.41) is 9.03. The molecule has 1 N–H and O–H groups in total. The van der Waals surface area contributed by atoms with E-state index in [1.807, 2.05) is 49.9 Å².